The van der Waals surface area contributed by atoms with E-state index in [2.05, 4.69) is 20.0 Å². The van der Waals surface area contributed by atoms with Crippen molar-refractivity contribution in [1.29, 1.82) is 0 Å². The number of benzene rings is 1. The summed E-state index contributed by atoms with van der Waals surface area (Å²) in [6, 6.07) is 7.09. The van der Waals surface area contributed by atoms with Gasteiger partial charge in [0.1, 0.15) is 5.82 Å². The summed E-state index contributed by atoms with van der Waals surface area (Å²) in [6.45, 7) is 0.377. The van der Waals surface area contributed by atoms with Crippen molar-refractivity contribution in [3.8, 4) is 0 Å². The largest absolute Gasteiger partial charge is 0.468 e. The van der Waals surface area contributed by atoms with Gasteiger partial charge in [0.15, 0.2) is 0 Å². The third kappa shape index (κ3) is 2.72. The molecular formula is C12H13N3O3. The Bertz CT molecular complexity index is 621. The van der Waals surface area contributed by atoms with Crippen LogP contribution in [-0.4, -0.2) is 29.6 Å². The Morgan fingerprint density at radius 3 is 3.00 bits per heavy atom. The van der Waals surface area contributed by atoms with Gasteiger partial charge in [0.05, 0.1) is 31.1 Å². The predicted octanol–water partition coefficient (Wildman–Crippen LogP) is 0.186. The number of methoxy groups -OCH3 is 1. The van der Waals surface area contributed by atoms with Crippen molar-refractivity contribution in [3.05, 3.63) is 40.4 Å². The van der Waals surface area contributed by atoms with Gasteiger partial charge in [-0.1, -0.05) is 12.1 Å². The number of rotatable bonds is 4. The van der Waals surface area contributed by atoms with Crippen LogP contribution in [0.25, 0.3) is 10.9 Å². The van der Waals surface area contributed by atoms with Gasteiger partial charge < -0.3 is 9.72 Å². The third-order valence-corrected chi connectivity index (χ3v) is 2.45. The predicted molar refractivity (Wildman–Crippen MR) is 66.1 cm³/mol. The van der Waals surface area contributed by atoms with Crippen LogP contribution in [0.4, 0.5) is 0 Å². The number of nitrogens with one attached hydrogen (secondary N) is 2. The van der Waals surface area contributed by atoms with Crippen LogP contribution in [0, 0.1) is 0 Å². The number of nitrogens with zero attached hydrogens (tertiary/aromatic N) is 1. The van der Waals surface area contributed by atoms with Crippen LogP contribution in [0.15, 0.2) is 29.1 Å². The summed E-state index contributed by atoms with van der Waals surface area (Å²) in [5.74, 6) is 0.126. The molecule has 0 fully saturated rings. The molecule has 0 radical (unpaired) electrons. The number of carbonyl (C=O) groups is 1. The maximum Gasteiger partial charge on any atom is 0.319 e. The fraction of sp³-hybridized carbons (Fsp3) is 0.250. The number of aromatic nitrogens is 2. The zero-order valence-electron chi connectivity index (χ0n) is 9.90. The summed E-state index contributed by atoms with van der Waals surface area (Å²) in [5, 5.41) is 3.39. The quantitative estimate of drug-likeness (QED) is 0.753. The van der Waals surface area contributed by atoms with Gasteiger partial charge in [-0.05, 0) is 12.1 Å². The van der Waals surface area contributed by atoms with E-state index in [1.54, 1.807) is 18.2 Å². The lowest BCUT2D eigenvalue weighted by molar-refractivity contribution is -0.139. The second-order valence-corrected chi connectivity index (χ2v) is 3.71. The summed E-state index contributed by atoms with van der Waals surface area (Å²) in [7, 11) is 1.32. The topological polar surface area (TPSA) is 84.1 Å². The fourth-order valence-electron chi connectivity index (χ4n) is 1.57. The van der Waals surface area contributed by atoms with Crippen molar-refractivity contribution in [2.75, 3.05) is 13.7 Å². The van der Waals surface area contributed by atoms with Crippen LogP contribution >= 0.6 is 0 Å². The van der Waals surface area contributed by atoms with Gasteiger partial charge in [-0.3, -0.25) is 14.9 Å². The van der Waals surface area contributed by atoms with Gasteiger partial charge in [-0.15, -0.1) is 0 Å². The number of carbonyl (C=O) groups excluding carboxylic acids is 1. The van der Waals surface area contributed by atoms with Crippen molar-refractivity contribution in [2.24, 2.45) is 0 Å². The molecule has 0 saturated heterocycles. The molecule has 0 bridgehead atoms. The molecule has 6 heteroatoms. The Balaban J connectivity index is 2.15. The van der Waals surface area contributed by atoms with E-state index in [1.807, 2.05) is 6.07 Å². The van der Waals surface area contributed by atoms with E-state index in [9.17, 15) is 9.59 Å². The molecule has 0 atom stereocenters. The van der Waals surface area contributed by atoms with Gasteiger partial charge in [-0.25, -0.2) is 4.98 Å². The number of fused-ring (bicyclic) bond motifs is 1. The number of hydrogen-bond donors (Lipinski definition) is 2. The first-order valence-electron chi connectivity index (χ1n) is 5.46. The number of para-hydroxylation sites is 1. The first-order valence-corrected chi connectivity index (χ1v) is 5.46. The summed E-state index contributed by atoms with van der Waals surface area (Å²) in [5.41, 5.74) is 0.451. The molecule has 0 aliphatic rings. The van der Waals surface area contributed by atoms with E-state index in [-0.39, 0.29) is 18.1 Å². The zero-order chi connectivity index (χ0) is 13.0. The molecule has 94 valence electrons. The Labute approximate surface area is 103 Å². The van der Waals surface area contributed by atoms with Gasteiger partial charge in [0.2, 0.25) is 0 Å². The molecular weight excluding hydrogens is 234 g/mol. The molecule has 1 heterocycles. The molecule has 0 unspecified atom stereocenters. The van der Waals surface area contributed by atoms with Gasteiger partial charge in [0, 0.05) is 0 Å². The minimum atomic E-state index is -0.363. The van der Waals surface area contributed by atoms with Crippen LogP contribution in [0.5, 0.6) is 0 Å². The SMILES string of the molecule is COC(=O)CNCc1nc2ccccc2c(=O)[nH]1. The Hall–Kier alpha value is -2.21. The number of hydrogen-bond acceptors (Lipinski definition) is 5. The lowest BCUT2D eigenvalue weighted by atomic mass is 10.2. The maximum absolute atomic E-state index is 11.7. The van der Waals surface area contributed by atoms with E-state index in [1.165, 1.54) is 7.11 Å². The van der Waals surface area contributed by atoms with Crippen molar-refractivity contribution >= 4 is 16.9 Å². The standard InChI is InChI=1S/C12H13N3O3/c1-18-11(16)7-13-6-10-14-9-5-3-2-4-8(9)12(17)15-10/h2-5,13H,6-7H2,1H3,(H,14,15,17). The van der Waals surface area contributed by atoms with Gasteiger partial charge in [-0.2, -0.15) is 0 Å². The summed E-state index contributed by atoms with van der Waals surface area (Å²) < 4.78 is 4.49. The van der Waals surface area contributed by atoms with Gasteiger partial charge >= 0.3 is 5.97 Å². The lowest BCUT2D eigenvalue weighted by Gasteiger charge is -2.04. The zero-order valence-corrected chi connectivity index (χ0v) is 9.90. The molecule has 0 spiro atoms. The Morgan fingerprint density at radius 2 is 2.22 bits per heavy atom. The minimum Gasteiger partial charge on any atom is -0.468 e. The highest BCUT2D eigenvalue weighted by atomic mass is 16.5. The van der Waals surface area contributed by atoms with E-state index in [0.717, 1.165) is 0 Å². The molecule has 18 heavy (non-hydrogen) atoms. The first kappa shape index (κ1) is 12.3. The highest BCUT2D eigenvalue weighted by Crippen LogP contribution is 2.05. The van der Waals surface area contributed by atoms with Crippen molar-refractivity contribution in [1.82, 2.24) is 15.3 Å². The van der Waals surface area contributed by atoms with Crippen LogP contribution in [0.3, 0.4) is 0 Å². The molecule has 0 aliphatic carbocycles. The summed E-state index contributed by atoms with van der Waals surface area (Å²) in [6.07, 6.45) is 0. The van der Waals surface area contributed by atoms with Crippen LogP contribution in [0.1, 0.15) is 5.82 Å². The Kier molecular flexibility index (Phi) is 3.69. The van der Waals surface area contributed by atoms with Crippen molar-refractivity contribution in [3.63, 3.8) is 0 Å². The van der Waals surface area contributed by atoms with Crippen LogP contribution in [0.2, 0.25) is 0 Å². The minimum absolute atomic E-state index is 0.0764. The normalized spacial score (nSPS) is 10.5. The lowest BCUT2D eigenvalue weighted by Crippen LogP contribution is -2.25. The first-order chi connectivity index (χ1) is 8.70. The molecule has 1 aromatic carbocycles. The number of esters is 1. The average Bonchev–Trinajstić information content (AvgIpc) is 2.38. The van der Waals surface area contributed by atoms with E-state index >= 15 is 0 Å². The third-order valence-electron chi connectivity index (χ3n) is 2.45. The Morgan fingerprint density at radius 1 is 1.44 bits per heavy atom. The van der Waals surface area contributed by atoms with E-state index in [4.69, 9.17) is 0 Å². The highest BCUT2D eigenvalue weighted by Gasteiger charge is 2.04. The monoisotopic (exact) mass is 247 g/mol. The van der Waals surface area contributed by atoms with E-state index in [0.29, 0.717) is 23.3 Å². The van der Waals surface area contributed by atoms with E-state index < -0.39 is 0 Å². The van der Waals surface area contributed by atoms with Gasteiger partial charge in [0.25, 0.3) is 5.56 Å². The molecule has 6 nitrogen and oxygen atoms in total. The molecule has 2 aromatic rings. The maximum atomic E-state index is 11.7. The molecule has 0 aliphatic heterocycles. The number of aromatic amines is 1. The molecule has 1 aromatic heterocycles. The second-order valence-electron chi connectivity index (χ2n) is 3.71. The second kappa shape index (κ2) is 5.42. The molecule has 0 saturated carbocycles. The average molecular weight is 247 g/mol. The summed E-state index contributed by atoms with van der Waals surface area (Å²) in [4.78, 5) is 29.6. The van der Waals surface area contributed by atoms with Crippen molar-refractivity contribution < 1.29 is 9.53 Å². The molecule has 2 rings (SSSR count). The molecule has 0 amide bonds. The van der Waals surface area contributed by atoms with Crippen molar-refractivity contribution in [2.45, 2.75) is 6.54 Å². The smallest absolute Gasteiger partial charge is 0.319 e. The number of ether oxygens (including phenoxy) is 1. The fourth-order valence-corrected chi connectivity index (χ4v) is 1.57. The molecule has 2 N–H and O–H groups in total. The van der Waals surface area contributed by atoms with Crippen LogP contribution in [-0.2, 0) is 16.1 Å². The number of H-pyrrole nitrogens is 1. The van der Waals surface area contributed by atoms with Crippen LogP contribution < -0.4 is 10.9 Å². The summed E-state index contributed by atoms with van der Waals surface area (Å²) >= 11 is 0. The highest BCUT2D eigenvalue weighted by molar-refractivity contribution is 5.77.